The standard InChI is InChI=1S/C15H11ClFNO3/c16-12-10(7-4-8-11(12)17)14(19)18-13(15(20)21)9-5-2-1-3-6-9/h1-8,13H,(H,18,19)(H,20,21)/t13-/m0/s1. The molecule has 2 N–H and O–H groups in total. The number of amides is 1. The number of carbonyl (C=O) groups excluding carboxylic acids is 1. The van der Waals surface area contributed by atoms with Crippen LogP contribution in [0.1, 0.15) is 22.0 Å². The van der Waals surface area contributed by atoms with Gasteiger partial charge in [0.1, 0.15) is 5.82 Å². The Morgan fingerprint density at radius 3 is 2.38 bits per heavy atom. The van der Waals surface area contributed by atoms with Crippen molar-refractivity contribution in [3.63, 3.8) is 0 Å². The van der Waals surface area contributed by atoms with Crippen LogP contribution in [0.4, 0.5) is 4.39 Å². The molecule has 0 aliphatic carbocycles. The fourth-order valence-electron chi connectivity index (χ4n) is 1.82. The van der Waals surface area contributed by atoms with Gasteiger partial charge in [-0.15, -0.1) is 0 Å². The van der Waals surface area contributed by atoms with Crippen LogP contribution in [0.2, 0.25) is 5.02 Å². The summed E-state index contributed by atoms with van der Waals surface area (Å²) < 4.78 is 13.3. The number of aliphatic carboxylic acids is 1. The Morgan fingerprint density at radius 1 is 1.10 bits per heavy atom. The van der Waals surface area contributed by atoms with Crippen molar-refractivity contribution in [2.75, 3.05) is 0 Å². The van der Waals surface area contributed by atoms with Gasteiger partial charge in [-0.1, -0.05) is 48.0 Å². The van der Waals surface area contributed by atoms with Gasteiger partial charge in [0.25, 0.3) is 5.91 Å². The second-order valence-electron chi connectivity index (χ2n) is 4.26. The Kier molecular flexibility index (Phi) is 4.55. The van der Waals surface area contributed by atoms with E-state index < -0.39 is 23.7 Å². The molecule has 2 aromatic carbocycles. The molecule has 0 radical (unpaired) electrons. The zero-order chi connectivity index (χ0) is 15.4. The summed E-state index contributed by atoms with van der Waals surface area (Å²) in [5, 5.41) is 11.2. The van der Waals surface area contributed by atoms with Gasteiger partial charge in [0.15, 0.2) is 6.04 Å². The van der Waals surface area contributed by atoms with Crippen LogP contribution in [0, 0.1) is 5.82 Å². The summed E-state index contributed by atoms with van der Waals surface area (Å²) in [5.41, 5.74) is 0.296. The minimum absolute atomic E-state index is 0.112. The number of carbonyl (C=O) groups is 2. The summed E-state index contributed by atoms with van der Waals surface area (Å²) in [6, 6.07) is 10.7. The third-order valence-electron chi connectivity index (χ3n) is 2.85. The van der Waals surface area contributed by atoms with Gasteiger partial charge >= 0.3 is 5.97 Å². The maximum Gasteiger partial charge on any atom is 0.330 e. The van der Waals surface area contributed by atoms with Crippen molar-refractivity contribution < 1.29 is 19.1 Å². The van der Waals surface area contributed by atoms with Gasteiger partial charge in [-0.2, -0.15) is 0 Å². The highest BCUT2D eigenvalue weighted by molar-refractivity contribution is 6.34. The van der Waals surface area contributed by atoms with Crippen LogP contribution >= 0.6 is 11.6 Å². The molecule has 0 unspecified atom stereocenters. The third-order valence-corrected chi connectivity index (χ3v) is 3.24. The molecule has 0 aromatic heterocycles. The third kappa shape index (κ3) is 3.38. The summed E-state index contributed by atoms with van der Waals surface area (Å²) >= 11 is 5.71. The lowest BCUT2D eigenvalue weighted by Crippen LogP contribution is -2.34. The molecular weight excluding hydrogens is 297 g/mol. The minimum Gasteiger partial charge on any atom is -0.479 e. The fourth-order valence-corrected chi connectivity index (χ4v) is 2.03. The number of benzene rings is 2. The van der Waals surface area contributed by atoms with Crippen LogP contribution < -0.4 is 5.32 Å². The van der Waals surface area contributed by atoms with E-state index in [4.69, 9.17) is 11.6 Å². The Bertz CT molecular complexity index is 676. The molecule has 4 nitrogen and oxygen atoms in total. The van der Waals surface area contributed by atoms with E-state index in [1.54, 1.807) is 30.3 Å². The van der Waals surface area contributed by atoms with Gasteiger partial charge < -0.3 is 10.4 Å². The van der Waals surface area contributed by atoms with E-state index in [0.717, 1.165) is 6.07 Å². The topological polar surface area (TPSA) is 66.4 Å². The second-order valence-corrected chi connectivity index (χ2v) is 4.63. The Labute approximate surface area is 125 Å². The lowest BCUT2D eigenvalue weighted by molar-refractivity contribution is -0.139. The first kappa shape index (κ1) is 15.0. The molecule has 0 saturated heterocycles. The molecule has 2 rings (SSSR count). The van der Waals surface area contributed by atoms with Crippen molar-refractivity contribution in [1.82, 2.24) is 5.32 Å². The molecule has 0 saturated carbocycles. The molecule has 1 amide bonds. The zero-order valence-corrected chi connectivity index (χ0v) is 11.5. The summed E-state index contributed by atoms with van der Waals surface area (Å²) in [6.45, 7) is 0. The van der Waals surface area contributed by atoms with Crippen LogP contribution in [0.15, 0.2) is 48.5 Å². The monoisotopic (exact) mass is 307 g/mol. The Balaban J connectivity index is 2.28. The molecule has 1 atom stereocenters. The van der Waals surface area contributed by atoms with Gasteiger partial charge in [-0.25, -0.2) is 9.18 Å². The van der Waals surface area contributed by atoms with Gasteiger partial charge in [0, 0.05) is 0 Å². The number of carboxylic acid groups (broad SMARTS) is 1. The van der Waals surface area contributed by atoms with E-state index in [0.29, 0.717) is 5.56 Å². The maximum atomic E-state index is 13.3. The number of hydrogen-bond donors (Lipinski definition) is 2. The first-order valence-corrected chi connectivity index (χ1v) is 6.41. The van der Waals surface area contributed by atoms with E-state index >= 15 is 0 Å². The van der Waals surface area contributed by atoms with Crippen molar-refractivity contribution in [1.29, 1.82) is 0 Å². The van der Waals surface area contributed by atoms with Crippen LogP contribution in [0.25, 0.3) is 0 Å². The van der Waals surface area contributed by atoms with Crippen LogP contribution in [-0.2, 0) is 4.79 Å². The molecule has 0 spiro atoms. The Morgan fingerprint density at radius 2 is 1.76 bits per heavy atom. The van der Waals surface area contributed by atoms with Crippen molar-refractivity contribution in [3.8, 4) is 0 Å². The number of hydrogen-bond acceptors (Lipinski definition) is 2. The number of nitrogens with one attached hydrogen (secondary N) is 1. The van der Waals surface area contributed by atoms with Gasteiger partial charge in [-0.3, -0.25) is 4.79 Å². The normalized spacial score (nSPS) is 11.7. The average Bonchev–Trinajstić information content (AvgIpc) is 2.48. The van der Waals surface area contributed by atoms with E-state index in [2.05, 4.69) is 5.32 Å². The molecule has 21 heavy (non-hydrogen) atoms. The summed E-state index contributed by atoms with van der Waals surface area (Å²) in [7, 11) is 0. The van der Waals surface area contributed by atoms with Crippen molar-refractivity contribution in [2.45, 2.75) is 6.04 Å². The molecule has 0 fully saturated rings. The average molecular weight is 308 g/mol. The SMILES string of the molecule is O=C(N[C@H](C(=O)O)c1ccccc1)c1cccc(F)c1Cl. The molecule has 6 heteroatoms. The zero-order valence-electron chi connectivity index (χ0n) is 10.7. The minimum atomic E-state index is -1.24. The van der Waals surface area contributed by atoms with Crippen molar-refractivity contribution in [3.05, 3.63) is 70.5 Å². The lowest BCUT2D eigenvalue weighted by atomic mass is 10.1. The summed E-state index contributed by atoms with van der Waals surface area (Å²) in [6.07, 6.45) is 0. The molecule has 0 aliphatic rings. The highest BCUT2D eigenvalue weighted by Gasteiger charge is 2.24. The highest BCUT2D eigenvalue weighted by Crippen LogP contribution is 2.21. The van der Waals surface area contributed by atoms with Crippen LogP contribution in [0.5, 0.6) is 0 Å². The van der Waals surface area contributed by atoms with Crippen molar-refractivity contribution in [2.24, 2.45) is 0 Å². The number of rotatable bonds is 4. The van der Waals surface area contributed by atoms with Gasteiger partial charge in [0.05, 0.1) is 10.6 Å². The quantitative estimate of drug-likeness (QED) is 0.912. The Hall–Kier alpha value is -2.40. The fraction of sp³-hybridized carbons (Fsp3) is 0.0667. The summed E-state index contributed by atoms with van der Waals surface area (Å²) in [5.74, 6) is -2.71. The molecule has 108 valence electrons. The summed E-state index contributed by atoms with van der Waals surface area (Å²) in [4.78, 5) is 23.4. The second kappa shape index (κ2) is 6.37. The molecular formula is C15H11ClFNO3. The first-order chi connectivity index (χ1) is 10.0. The van der Waals surface area contributed by atoms with Crippen LogP contribution in [-0.4, -0.2) is 17.0 Å². The van der Waals surface area contributed by atoms with Crippen LogP contribution in [0.3, 0.4) is 0 Å². The number of halogens is 2. The maximum absolute atomic E-state index is 13.3. The predicted octanol–water partition coefficient (Wildman–Crippen LogP) is 3.03. The molecule has 0 bridgehead atoms. The number of carboxylic acids is 1. The largest absolute Gasteiger partial charge is 0.479 e. The van der Waals surface area contributed by atoms with E-state index in [1.165, 1.54) is 12.1 Å². The molecule has 2 aromatic rings. The lowest BCUT2D eigenvalue weighted by Gasteiger charge is -2.15. The highest BCUT2D eigenvalue weighted by atomic mass is 35.5. The van der Waals surface area contributed by atoms with Crippen molar-refractivity contribution >= 4 is 23.5 Å². The van der Waals surface area contributed by atoms with E-state index in [9.17, 15) is 19.1 Å². The molecule has 0 heterocycles. The smallest absolute Gasteiger partial charge is 0.330 e. The first-order valence-electron chi connectivity index (χ1n) is 6.03. The van der Waals surface area contributed by atoms with Gasteiger partial charge in [-0.05, 0) is 17.7 Å². The predicted molar refractivity (Wildman–Crippen MR) is 75.7 cm³/mol. The van der Waals surface area contributed by atoms with E-state index in [1.807, 2.05) is 0 Å². The van der Waals surface area contributed by atoms with E-state index in [-0.39, 0.29) is 10.6 Å². The van der Waals surface area contributed by atoms with Gasteiger partial charge in [0.2, 0.25) is 0 Å². The molecule has 0 aliphatic heterocycles.